The Hall–Kier alpha value is -6.81. The van der Waals surface area contributed by atoms with Gasteiger partial charge < -0.3 is 10.3 Å². The van der Waals surface area contributed by atoms with Crippen LogP contribution in [0.1, 0.15) is 53.5 Å². The summed E-state index contributed by atoms with van der Waals surface area (Å²) in [4.78, 5) is 1.23. The number of rotatable bonds is 11. The lowest BCUT2D eigenvalue weighted by Gasteiger charge is -2.15. The first-order valence-electron chi connectivity index (χ1n) is 20.6. The van der Waals surface area contributed by atoms with Gasteiger partial charge >= 0.3 is 0 Å². The minimum Gasteiger partial charge on any atom is -0.405 e. The Kier molecular flexibility index (Phi) is 14.3. The minimum atomic E-state index is 0.498. The lowest BCUT2D eigenvalue weighted by molar-refractivity contribution is 0.851. The lowest BCUT2D eigenvalue weighted by Crippen LogP contribution is -1.97. The maximum absolute atomic E-state index is 5.39. The van der Waals surface area contributed by atoms with Gasteiger partial charge in [0, 0.05) is 27.3 Å². The third kappa shape index (κ3) is 10.1. The maximum atomic E-state index is 5.39. The standard InChI is InChI=1S/C44H37NS.C13H15N/c1-3-13-34(17-8-7-14-33-22-24-36(25-23-33)35-15-5-4-6-16-35)37-26-27-43-41(31-37)40-19-9-11-20-42(40)45(43)38-28-29-46-44-21-12-10-18-39(44)32(2)30-38;1-2-3-7-13(10-11-14)12-8-5-4-6-9-12/h3-6,8-13,15,17-31,35H,1-2,7,14,16H2;2-11H,14H2,1H3/b17-8-,29-28-,34-13+,38-30+;3-2+,11-10-,13-7+. The predicted octanol–water partition coefficient (Wildman–Crippen LogP) is 15.4. The van der Waals surface area contributed by atoms with Gasteiger partial charge in [0.25, 0.3) is 0 Å². The molecular formula is C57H52N2S. The van der Waals surface area contributed by atoms with Gasteiger partial charge in [-0.05, 0) is 125 Å². The molecule has 3 heteroatoms. The SMILES string of the molecule is C/C=C/C=C(\C=C/N)c1ccccc1.C=C/C=C(\C=C/CCc1ccc(C2C=CC=CC2)cc1)c1ccc2c(c1)c1ccccc1n2C1=C/C(=C)c2ccccc2S/C=C\1. The molecule has 2 heterocycles. The number of allylic oxidation sites excluding steroid dienone is 18. The van der Waals surface area contributed by atoms with Crippen LogP contribution in [-0.4, -0.2) is 4.57 Å². The fourth-order valence-corrected chi connectivity index (χ4v) is 8.50. The van der Waals surface area contributed by atoms with Crippen molar-refractivity contribution in [3.63, 3.8) is 0 Å². The average molecular weight is 797 g/mol. The molecule has 2 nitrogen and oxygen atoms in total. The quantitative estimate of drug-likeness (QED) is 0.132. The van der Waals surface area contributed by atoms with Crippen LogP contribution in [0.5, 0.6) is 0 Å². The van der Waals surface area contributed by atoms with Gasteiger partial charge in [0.15, 0.2) is 0 Å². The molecule has 1 aliphatic carbocycles. The molecule has 296 valence electrons. The van der Waals surface area contributed by atoms with E-state index in [1.54, 1.807) is 18.0 Å². The maximum Gasteiger partial charge on any atom is 0.0541 e. The Balaban J connectivity index is 0.000000332. The van der Waals surface area contributed by atoms with Crippen LogP contribution in [0.15, 0.2) is 236 Å². The summed E-state index contributed by atoms with van der Waals surface area (Å²) in [7, 11) is 0. The first-order chi connectivity index (χ1) is 29.6. The number of hydrogen-bond acceptors (Lipinski definition) is 2. The molecule has 1 atom stereocenters. The van der Waals surface area contributed by atoms with Gasteiger partial charge in [-0.2, -0.15) is 0 Å². The summed E-state index contributed by atoms with van der Waals surface area (Å²) in [5, 5.41) is 4.65. The largest absolute Gasteiger partial charge is 0.405 e. The van der Waals surface area contributed by atoms with E-state index < -0.39 is 0 Å². The number of aryl methyl sites for hydroxylation is 1. The van der Waals surface area contributed by atoms with E-state index in [0.29, 0.717) is 5.92 Å². The Morgan fingerprint density at radius 2 is 1.57 bits per heavy atom. The summed E-state index contributed by atoms with van der Waals surface area (Å²) in [6, 6.07) is 43.3. The average Bonchev–Trinajstić information content (AvgIpc) is 3.62. The van der Waals surface area contributed by atoms with Crippen molar-refractivity contribution in [3.8, 4) is 0 Å². The molecule has 0 fully saturated rings. The molecule has 5 aromatic carbocycles. The van der Waals surface area contributed by atoms with Crippen molar-refractivity contribution in [1.82, 2.24) is 4.57 Å². The summed E-state index contributed by atoms with van der Waals surface area (Å²) in [5.74, 6) is 0.498. The third-order valence-electron chi connectivity index (χ3n) is 10.7. The number of hydrogen-bond donors (Lipinski definition) is 1. The van der Waals surface area contributed by atoms with Crippen molar-refractivity contribution in [2.45, 2.75) is 37.0 Å². The van der Waals surface area contributed by atoms with Crippen LogP contribution in [0.4, 0.5) is 0 Å². The number of thioether (sulfide) groups is 1. The summed E-state index contributed by atoms with van der Waals surface area (Å²) in [5.41, 5.74) is 18.4. The van der Waals surface area contributed by atoms with Crippen molar-refractivity contribution in [3.05, 3.63) is 259 Å². The van der Waals surface area contributed by atoms with E-state index >= 15 is 0 Å². The Morgan fingerprint density at radius 1 is 0.800 bits per heavy atom. The normalized spacial score (nSPS) is 17.1. The van der Waals surface area contributed by atoms with Gasteiger partial charge in [0.05, 0.1) is 11.0 Å². The highest BCUT2D eigenvalue weighted by Gasteiger charge is 2.16. The molecule has 6 aromatic rings. The Labute approximate surface area is 360 Å². The van der Waals surface area contributed by atoms with Crippen molar-refractivity contribution >= 4 is 56.0 Å². The summed E-state index contributed by atoms with van der Waals surface area (Å²) in [6.45, 7) is 10.5. The second-order valence-corrected chi connectivity index (χ2v) is 15.6. The van der Waals surface area contributed by atoms with Crippen LogP contribution < -0.4 is 5.73 Å². The number of nitrogens with zero attached hydrogens (tertiary/aromatic N) is 1. The number of nitrogens with two attached hydrogens (primary N) is 1. The molecule has 8 rings (SSSR count). The molecule has 0 saturated carbocycles. The molecule has 0 saturated heterocycles. The zero-order valence-corrected chi connectivity index (χ0v) is 35.1. The molecule has 1 unspecified atom stereocenters. The third-order valence-corrected chi connectivity index (χ3v) is 11.6. The highest BCUT2D eigenvalue weighted by atomic mass is 32.2. The number of fused-ring (bicyclic) bond motifs is 4. The molecule has 1 aliphatic heterocycles. The van der Waals surface area contributed by atoms with E-state index in [1.807, 2.05) is 55.5 Å². The first kappa shape index (κ1) is 41.4. The van der Waals surface area contributed by atoms with Crippen molar-refractivity contribution in [1.29, 1.82) is 0 Å². The van der Waals surface area contributed by atoms with Crippen LogP contribution in [0.2, 0.25) is 0 Å². The molecule has 0 bridgehead atoms. The van der Waals surface area contributed by atoms with Gasteiger partial charge in [-0.1, -0.05) is 189 Å². The topological polar surface area (TPSA) is 30.9 Å². The summed E-state index contributed by atoms with van der Waals surface area (Å²) >= 11 is 1.74. The number of para-hydroxylation sites is 1. The van der Waals surface area contributed by atoms with Gasteiger partial charge in [-0.25, -0.2) is 0 Å². The van der Waals surface area contributed by atoms with E-state index in [4.69, 9.17) is 5.73 Å². The van der Waals surface area contributed by atoms with Gasteiger partial charge in [0.1, 0.15) is 0 Å². The Morgan fingerprint density at radius 3 is 2.35 bits per heavy atom. The second-order valence-electron chi connectivity index (χ2n) is 14.7. The van der Waals surface area contributed by atoms with Crippen molar-refractivity contribution in [2.75, 3.05) is 0 Å². The molecular weight excluding hydrogens is 745 g/mol. The highest BCUT2D eigenvalue weighted by molar-refractivity contribution is 8.02. The summed E-state index contributed by atoms with van der Waals surface area (Å²) in [6.07, 6.45) is 34.3. The van der Waals surface area contributed by atoms with Crippen LogP contribution in [0.25, 0.3) is 44.2 Å². The fourth-order valence-electron chi connectivity index (χ4n) is 7.66. The second kappa shape index (κ2) is 20.7. The molecule has 2 aliphatic rings. The molecule has 0 spiro atoms. The van der Waals surface area contributed by atoms with Crippen LogP contribution in [0, 0.1) is 0 Å². The van der Waals surface area contributed by atoms with Crippen molar-refractivity contribution < 1.29 is 0 Å². The number of aromatic nitrogens is 1. The van der Waals surface area contributed by atoms with Gasteiger partial charge in [-0.15, -0.1) is 0 Å². The molecule has 1 aromatic heterocycles. The van der Waals surface area contributed by atoms with E-state index in [2.05, 4.69) is 181 Å². The smallest absolute Gasteiger partial charge is 0.0541 e. The van der Waals surface area contributed by atoms with E-state index in [1.165, 1.54) is 54.5 Å². The van der Waals surface area contributed by atoms with E-state index in [9.17, 15) is 0 Å². The molecule has 2 N–H and O–H groups in total. The predicted molar refractivity (Wildman–Crippen MR) is 264 cm³/mol. The molecule has 0 amide bonds. The first-order valence-corrected chi connectivity index (χ1v) is 21.5. The zero-order chi connectivity index (χ0) is 41.5. The summed E-state index contributed by atoms with van der Waals surface area (Å²) < 4.78 is 2.36. The number of benzene rings is 5. The zero-order valence-electron chi connectivity index (χ0n) is 34.3. The monoisotopic (exact) mass is 796 g/mol. The fraction of sp³-hybridized carbons (Fsp3) is 0.0877. The van der Waals surface area contributed by atoms with Crippen molar-refractivity contribution in [2.24, 2.45) is 5.73 Å². The van der Waals surface area contributed by atoms with E-state index in [-0.39, 0.29) is 0 Å². The molecule has 60 heavy (non-hydrogen) atoms. The van der Waals surface area contributed by atoms with E-state index in [0.717, 1.165) is 41.7 Å². The van der Waals surface area contributed by atoms with Gasteiger partial charge in [0.2, 0.25) is 0 Å². The van der Waals surface area contributed by atoms with Crippen LogP contribution in [0.3, 0.4) is 0 Å². The Bertz CT molecular complexity index is 2740. The van der Waals surface area contributed by atoms with Crippen LogP contribution >= 0.6 is 11.8 Å². The molecule has 0 radical (unpaired) electrons. The minimum absolute atomic E-state index is 0.498. The van der Waals surface area contributed by atoms with Gasteiger partial charge in [-0.3, -0.25) is 0 Å². The lowest BCUT2D eigenvalue weighted by atomic mass is 9.91. The highest BCUT2D eigenvalue weighted by Crippen LogP contribution is 2.38. The van der Waals surface area contributed by atoms with Crippen LogP contribution in [-0.2, 0) is 6.42 Å².